The Hall–Kier alpha value is -1.65. The van der Waals surface area contributed by atoms with E-state index in [1.807, 2.05) is 16.9 Å². The van der Waals surface area contributed by atoms with Crippen LogP contribution in [0, 0.1) is 0 Å². The van der Waals surface area contributed by atoms with E-state index in [0.29, 0.717) is 0 Å². The fourth-order valence-electron chi connectivity index (χ4n) is 1.87. The highest BCUT2D eigenvalue weighted by atomic mass is 15.3. The summed E-state index contributed by atoms with van der Waals surface area (Å²) in [7, 11) is 0. The zero-order valence-electron chi connectivity index (χ0n) is 7.80. The summed E-state index contributed by atoms with van der Waals surface area (Å²) in [6, 6.07) is 1.92. The molecule has 5 nitrogen and oxygen atoms in total. The maximum Gasteiger partial charge on any atom is 0.154 e. The zero-order chi connectivity index (χ0) is 9.38. The van der Waals surface area contributed by atoms with Crippen LogP contribution in [0.3, 0.4) is 0 Å². The maximum absolute atomic E-state index is 4.16. The third-order valence-electron chi connectivity index (χ3n) is 2.55. The lowest BCUT2D eigenvalue weighted by Gasteiger charge is -2.02. The van der Waals surface area contributed by atoms with Gasteiger partial charge < -0.3 is 4.57 Å². The van der Waals surface area contributed by atoms with E-state index in [9.17, 15) is 0 Å². The minimum absolute atomic E-state index is 0.722. The van der Waals surface area contributed by atoms with Crippen molar-refractivity contribution in [3.8, 4) is 0 Å². The van der Waals surface area contributed by atoms with Crippen molar-refractivity contribution in [3.63, 3.8) is 0 Å². The molecule has 1 aliphatic rings. The van der Waals surface area contributed by atoms with E-state index in [1.165, 1.54) is 6.42 Å². The molecule has 0 N–H and O–H groups in total. The topological polar surface area (TPSA) is 48.5 Å². The number of fused-ring (bicyclic) bond motifs is 1. The van der Waals surface area contributed by atoms with Gasteiger partial charge in [-0.3, -0.25) is 4.68 Å². The number of hydrogen-bond acceptors (Lipinski definition) is 3. The lowest BCUT2D eigenvalue weighted by molar-refractivity contribution is 0.604. The van der Waals surface area contributed by atoms with Crippen molar-refractivity contribution in [1.29, 1.82) is 0 Å². The van der Waals surface area contributed by atoms with Crippen molar-refractivity contribution in [2.45, 2.75) is 25.9 Å². The first kappa shape index (κ1) is 7.73. The molecule has 0 aliphatic carbocycles. The van der Waals surface area contributed by atoms with Gasteiger partial charge in [-0.25, -0.2) is 0 Å². The van der Waals surface area contributed by atoms with E-state index in [1.54, 1.807) is 6.20 Å². The smallest absolute Gasteiger partial charge is 0.154 e. The molecular weight excluding hydrogens is 178 g/mol. The second kappa shape index (κ2) is 2.94. The van der Waals surface area contributed by atoms with Crippen LogP contribution in [0.15, 0.2) is 18.5 Å². The molecule has 3 heterocycles. The van der Waals surface area contributed by atoms with Crippen LogP contribution in [0.4, 0.5) is 0 Å². The van der Waals surface area contributed by atoms with Crippen LogP contribution in [0.2, 0.25) is 0 Å². The standard InChI is InChI=1S/C9H11N5/c1-3-8-11-12-9(14(8)6-1)7-13-5-2-4-10-13/h2,4-5H,1,3,6-7H2. The molecule has 0 spiro atoms. The summed E-state index contributed by atoms with van der Waals surface area (Å²) in [6.07, 6.45) is 5.97. The lowest BCUT2D eigenvalue weighted by atomic mass is 10.4. The maximum atomic E-state index is 4.16. The Morgan fingerprint density at radius 1 is 1.36 bits per heavy atom. The van der Waals surface area contributed by atoms with Crippen molar-refractivity contribution in [2.24, 2.45) is 0 Å². The predicted octanol–water partition coefficient (Wildman–Crippen LogP) is 0.469. The summed E-state index contributed by atoms with van der Waals surface area (Å²) in [6.45, 7) is 1.78. The number of aromatic nitrogens is 5. The van der Waals surface area contributed by atoms with E-state index in [-0.39, 0.29) is 0 Å². The largest absolute Gasteiger partial charge is 0.313 e. The molecule has 0 radical (unpaired) electrons. The summed E-state index contributed by atoms with van der Waals surface area (Å²) >= 11 is 0. The monoisotopic (exact) mass is 189 g/mol. The van der Waals surface area contributed by atoms with Crippen LogP contribution < -0.4 is 0 Å². The first-order valence-corrected chi connectivity index (χ1v) is 4.82. The minimum Gasteiger partial charge on any atom is -0.313 e. The lowest BCUT2D eigenvalue weighted by Crippen LogP contribution is -2.07. The van der Waals surface area contributed by atoms with Crippen LogP contribution in [0.5, 0.6) is 0 Å². The molecular formula is C9H11N5. The first-order valence-electron chi connectivity index (χ1n) is 4.82. The molecule has 2 aromatic heterocycles. The highest BCUT2D eigenvalue weighted by Crippen LogP contribution is 2.14. The molecule has 14 heavy (non-hydrogen) atoms. The van der Waals surface area contributed by atoms with Crippen LogP contribution >= 0.6 is 0 Å². The van der Waals surface area contributed by atoms with E-state index in [0.717, 1.165) is 31.2 Å². The SMILES string of the molecule is c1cnn(Cc2nnc3n2CCC3)c1. The Morgan fingerprint density at radius 3 is 3.21 bits per heavy atom. The van der Waals surface area contributed by atoms with Gasteiger partial charge in [-0.05, 0) is 12.5 Å². The molecule has 0 atom stereocenters. The average molecular weight is 189 g/mol. The summed E-state index contributed by atoms with van der Waals surface area (Å²) in [5.74, 6) is 2.13. The number of nitrogens with zero attached hydrogens (tertiary/aromatic N) is 5. The van der Waals surface area contributed by atoms with Gasteiger partial charge in [0.2, 0.25) is 0 Å². The van der Waals surface area contributed by atoms with Crippen molar-refractivity contribution in [1.82, 2.24) is 24.5 Å². The van der Waals surface area contributed by atoms with Gasteiger partial charge in [0.05, 0.1) is 0 Å². The molecule has 5 heteroatoms. The average Bonchev–Trinajstić information content (AvgIpc) is 2.85. The second-order valence-electron chi connectivity index (χ2n) is 3.49. The van der Waals surface area contributed by atoms with Crippen LogP contribution in [-0.2, 0) is 19.5 Å². The van der Waals surface area contributed by atoms with E-state index in [2.05, 4.69) is 19.9 Å². The normalized spacial score (nSPS) is 14.6. The summed E-state index contributed by atoms with van der Waals surface area (Å²) in [5, 5.41) is 12.5. The van der Waals surface area contributed by atoms with Gasteiger partial charge in [0.1, 0.15) is 12.4 Å². The van der Waals surface area contributed by atoms with Gasteiger partial charge in [-0.15, -0.1) is 10.2 Å². The van der Waals surface area contributed by atoms with Crippen LogP contribution in [0.25, 0.3) is 0 Å². The highest BCUT2D eigenvalue weighted by Gasteiger charge is 2.16. The molecule has 0 aromatic carbocycles. The third-order valence-corrected chi connectivity index (χ3v) is 2.55. The fraction of sp³-hybridized carbons (Fsp3) is 0.444. The predicted molar refractivity (Wildman–Crippen MR) is 49.7 cm³/mol. The Morgan fingerprint density at radius 2 is 2.36 bits per heavy atom. The van der Waals surface area contributed by atoms with E-state index >= 15 is 0 Å². The van der Waals surface area contributed by atoms with Crippen molar-refractivity contribution in [2.75, 3.05) is 0 Å². The zero-order valence-corrected chi connectivity index (χ0v) is 7.80. The van der Waals surface area contributed by atoms with Gasteiger partial charge in [-0.1, -0.05) is 0 Å². The molecule has 3 rings (SSSR count). The molecule has 72 valence electrons. The molecule has 2 aromatic rings. The Bertz CT molecular complexity index is 428. The van der Waals surface area contributed by atoms with E-state index in [4.69, 9.17) is 0 Å². The fourth-order valence-corrected chi connectivity index (χ4v) is 1.87. The van der Waals surface area contributed by atoms with Crippen LogP contribution in [-0.4, -0.2) is 24.5 Å². The Labute approximate surface area is 81.4 Å². The summed E-state index contributed by atoms with van der Waals surface area (Å²) in [4.78, 5) is 0. The molecule has 0 fully saturated rings. The third kappa shape index (κ3) is 1.13. The molecule has 0 saturated heterocycles. The molecule has 0 unspecified atom stereocenters. The summed E-state index contributed by atoms with van der Waals surface area (Å²) < 4.78 is 4.07. The van der Waals surface area contributed by atoms with Crippen LogP contribution in [0.1, 0.15) is 18.1 Å². The minimum atomic E-state index is 0.722. The van der Waals surface area contributed by atoms with Gasteiger partial charge in [0.15, 0.2) is 5.82 Å². The molecule has 0 amide bonds. The second-order valence-corrected chi connectivity index (χ2v) is 3.49. The number of aryl methyl sites for hydroxylation is 1. The van der Waals surface area contributed by atoms with Gasteiger partial charge in [0.25, 0.3) is 0 Å². The Balaban J connectivity index is 1.90. The molecule has 1 aliphatic heterocycles. The quantitative estimate of drug-likeness (QED) is 0.690. The highest BCUT2D eigenvalue weighted by molar-refractivity contribution is 5.01. The van der Waals surface area contributed by atoms with Gasteiger partial charge >= 0.3 is 0 Å². The Kier molecular flexibility index (Phi) is 1.62. The van der Waals surface area contributed by atoms with Gasteiger partial charge in [-0.2, -0.15) is 5.10 Å². The molecule has 0 bridgehead atoms. The number of rotatable bonds is 2. The van der Waals surface area contributed by atoms with Gasteiger partial charge in [0, 0.05) is 25.4 Å². The van der Waals surface area contributed by atoms with Crippen molar-refractivity contribution >= 4 is 0 Å². The van der Waals surface area contributed by atoms with Crippen molar-refractivity contribution < 1.29 is 0 Å². The summed E-state index contributed by atoms with van der Waals surface area (Å²) in [5.41, 5.74) is 0. The first-order chi connectivity index (χ1) is 6.93. The van der Waals surface area contributed by atoms with E-state index < -0.39 is 0 Å². The van der Waals surface area contributed by atoms with Crippen molar-refractivity contribution in [3.05, 3.63) is 30.1 Å². The number of hydrogen-bond donors (Lipinski definition) is 0. The molecule has 0 saturated carbocycles.